The molecule has 1 amide bonds. The molecule has 0 saturated heterocycles. The van der Waals surface area contributed by atoms with Gasteiger partial charge in [0.1, 0.15) is 0 Å². The summed E-state index contributed by atoms with van der Waals surface area (Å²) in [6.45, 7) is 2.55. The minimum Gasteiger partial charge on any atom is -0.312 e. The third-order valence-electron chi connectivity index (χ3n) is 5.35. The molecule has 1 atom stereocenters. The van der Waals surface area contributed by atoms with Gasteiger partial charge in [0.05, 0.1) is 4.90 Å². The number of nitrogens with one attached hydrogen (secondary N) is 1. The predicted octanol–water partition coefficient (Wildman–Crippen LogP) is 2.60. The van der Waals surface area contributed by atoms with Crippen LogP contribution in [-0.4, -0.2) is 27.4 Å². The Morgan fingerprint density at radius 2 is 2.00 bits per heavy atom. The molecule has 1 unspecified atom stereocenters. The maximum absolute atomic E-state index is 12.7. The summed E-state index contributed by atoms with van der Waals surface area (Å²) in [5, 5.41) is 0. The number of fused-ring (bicyclic) bond motifs is 2. The molecule has 1 aliphatic carbocycles. The molecule has 0 aromatic heterocycles. The van der Waals surface area contributed by atoms with Crippen molar-refractivity contribution < 1.29 is 13.2 Å². The van der Waals surface area contributed by atoms with Gasteiger partial charge in [-0.25, -0.2) is 13.1 Å². The fourth-order valence-corrected chi connectivity index (χ4v) is 4.99. The van der Waals surface area contributed by atoms with Crippen LogP contribution in [-0.2, 0) is 27.7 Å². The smallest absolute Gasteiger partial charge is 0.240 e. The monoisotopic (exact) mass is 370 g/mol. The zero-order valence-corrected chi connectivity index (χ0v) is 15.6. The largest absolute Gasteiger partial charge is 0.312 e. The molecule has 1 heterocycles. The number of rotatable bonds is 4. The summed E-state index contributed by atoms with van der Waals surface area (Å²) >= 11 is 0. The van der Waals surface area contributed by atoms with Gasteiger partial charge >= 0.3 is 0 Å². The predicted molar refractivity (Wildman–Crippen MR) is 101 cm³/mol. The van der Waals surface area contributed by atoms with Gasteiger partial charge in [-0.15, -0.1) is 0 Å². The molecule has 4 rings (SSSR count). The van der Waals surface area contributed by atoms with Crippen LogP contribution in [0.25, 0.3) is 0 Å². The fraction of sp³-hybridized carbons (Fsp3) is 0.350. The van der Waals surface area contributed by atoms with Crippen molar-refractivity contribution in [2.24, 2.45) is 0 Å². The standard InChI is InChI=1S/C20H22N2O3S/c1-14(23)22-10-4-6-15-8-9-18(12-20(15)22)26(24,25)21-13-17-11-16-5-2-3-7-19(16)17/h2-3,5,7-9,12,17,21H,4,6,10-11,13H2,1H3. The lowest BCUT2D eigenvalue weighted by atomic mass is 9.78. The molecular formula is C20H22N2O3S. The second kappa shape index (κ2) is 6.52. The summed E-state index contributed by atoms with van der Waals surface area (Å²) in [6.07, 6.45) is 2.67. The van der Waals surface area contributed by atoms with Crippen LogP contribution in [0.15, 0.2) is 47.4 Å². The van der Waals surface area contributed by atoms with E-state index < -0.39 is 10.0 Å². The summed E-state index contributed by atoms with van der Waals surface area (Å²) in [5.41, 5.74) is 4.27. The van der Waals surface area contributed by atoms with E-state index in [9.17, 15) is 13.2 Å². The zero-order chi connectivity index (χ0) is 18.3. The van der Waals surface area contributed by atoms with Crippen molar-refractivity contribution in [3.8, 4) is 0 Å². The molecular weight excluding hydrogens is 348 g/mol. The molecule has 0 spiro atoms. The van der Waals surface area contributed by atoms with E-state index >= 15 is 0 Å². The number of nitrogens with zero attached hydrogens (tertiary/aromatic N) is 1. The third kappa shape index (κ3) is 3.04. The van der Waals surface area contributed by atoms with Gasteiger partial charge in [-0.3, -0.25) is 4.79 Å². The number of carbonyl (C=O) groups is 1. The molecule has 1 N–H and O–H groups in total. The van der Waals surface area contributed by atoms with Crippen LogP contribution in [0.3, 0.4) is 0 Å². The van der Waals surface area contributed by atoms with E-state index in [0.717, 1.165) is 30.5 Å². The van der Waals surface area contributed by atoms with Gasteiger partial charge in [-0.05, 0) is 48.1 Å². The van der Waals surface area contributed by atoms with Gasteiger partial charge in [-0.1, -0.05) is 30.3 Å². The number of hydrogen-bond donors (Lipinski definition) is 1. The highest BCUT2D eigenvalue weighted by Gasteiger charge is 2.28. The average molecular weight is 370 g/mol. The van der Waals surface area contributed by atoms with E-state index in [1.807, 2.05) is 18.2 Å². The lowest BCUT2D eigenvalue weighted by Crippen LogP contribution is -2.35. The summed E-state index contributed by atoms with van der Waals surface area (Å²) in [6, 6.07) is 13.2. The molecule has 0 fully saturated rings. The molecule has 2 aromatic rings. The summed E-state index contributed by atoms with van der Waals surface area (Å²) in [4.78, 5) is 13.7. The van der Waals surface area contributed by atoms with Gasteiger partial charge in [0.25, 0.3) is 0 Å². The maximum atomic E-state index is 12.7. The molecule has 1 aliphatic heterocycles. The van der Waals surface area contributed by atoms with Gasteiger partial charge in [0.15, 0.2) is 0 Å². The minimum atomic E-state index is -3.60. The van der Waals surface area contributed by atoms with Crippen LogP contribution in [0.2, 0.25) is 0 Å². The fourth-order valence-electron chi connectivity index (χ4n) is 3.89. The summed E-state index contributed by atoms with van der Waals surface area (Å²) < 4.78 is 28.2. The molecule has 2 aromatic carbocycles. The van der Waals surface area contributed by atoms with Gasteiger partial charge in [-0.2, -0.15) is 0 Å². The Hall–Kier alpha value is -2.18. The Kier molecular flexibility index (Phi) is 4.32. The topological polar surface area (TPSA) is 66.5 Å². The Bertz CT molecular complexity index is 969. The van der Waals surface area contributed by atoms with Gasteiger partial charge in [0, 0.05) is 31.6 Å². The highest BCUT2D eigenvalue weighted by Crippen LogP contribution is 2.34. The third-order valence-corrected chi connectivity index (χ3v) is 6.77. The number of anilines is 1. The molecule has 136 valence electrons. The molecule has 5 nitrogen and oxygen atoms in total. The van der Waals surface area contributed by atoms with Crippen LogP contribution < -0.4 is 9.62 Å². The molecule has 26 heavy (non-hydrogen) atoms. The van der Waals surface area contributed by atoms with Crippen molar-refractivity contribution >= 4 is 21.6 Å². The minimum absolute atomic E-state index is 0.0560. The van der Waals surface area contributed by atoms with E-state index in [1.165, 1.54) is 18.1 Å². The number of benzene rings is 2. The summed E-state index contributed by atoms with van der Waals surface area (Å²) in [7, 11) is -3.60. The molecule has 0 saturated carbocycles. The van der Waals surface area contributed by atoms with E-state index in [0.29, 0.717) is 13.1 Å². The molecule has 2 aliphatic rings. The lowest BCUT2D eigenvalue weighted by molar-refractivity contribution is -0.116. The first-order valence-electron chi connectivity index (χ1n) is 8.94. The highest BCUT2D eigenvalue weighted by molar-refractivity contribution is 7.89. The van der Waals surface area contributed by atoms with Crippen molar-refractivity contribution in [1.82, 2.24) is 4.72 Å². The van der Waals surface area contributed by atoms with Crippen LogP contribution in [0.4, 0.5) is 5.69 Å². The lowest BCUT2D eigenvalue weighted by Gasteiger charge is -2.30. The first kappa shape index (κ1) is 17.2. The van der Waals surface area contributed by atoms with Crippen molar-refractivity contribution in [2.75, 3.05) is 18.0 Å². The second-order valence-corrected chi connectivity index (χ2v) is 8.78. The van der Waals surface area contributed by atoms with Crippen molar-refractivity contribution in [2.45, 2.75) is 37.0 Å². The van der Waals surface area contributed by atoms with Gasteiger partial charge in [0.2, 0.25) is 15.9 Å². The van der Waals surface area contributed by atoms with Crippen LogP contribution in [0, 0.1) is 0 Å². The number of amides is 1. The number of hydrogen-bond acceptors (Lipinski definition) is 3. The van der Waals surface area contributed by atoms with Crippen LogP contribution in [0.1, 0.15) is 36.0 Å². The highest BCUT2D eigenvalue weighted by atomic mass is 32.2. The van der Waals surface area contributed by atoms with Crippen molar-refractivity contribution in [1.29, 1.82) is 0 Å². The molecule has 0 radical (unpaired) electrons. The number of aryl methyl sites for hydroxylation is 1. The van der Waals surface area contributed by atoms with E-state index in [-0.39, 0.29) is 16.7 Å². The number of sulfonamides is 1. The SMILES string of the molecule is CC(=O)N1CCCc2ccc(S(=O)(=O)NCC3Cc4ccccc43)cc21. The van der Waals surface area contributed by atoms with Crippen molar-refractivity contribution in [3.63, 3.8) is 0 Å². The first-order valence-corrected chi connectivity index (χ1v) is 10.4. The van der Waals surface area contributed by atoms with Crippen molar-refractivity contribution in [3.05, 3.63) is 59.2 Å². The Labute approximate surface area is 154 Å². The Morgan fingerprint density at radius 1 is 1.19 bits per heavy atom. The molecule has 6 heteroatoms. The van der Waals surface area contributed by atoms with E-state index in [2.05, 4.69) is 16.9 Å². The van der Waals surface area contributed by atoms with Crippen LogP contribution >= 0.6 is 0 Å². The summed E-state index contributed by atoms with van der Waals surface area (Å²) in [5.74, 6) is 0.173. The van der Waals surface area contributed by atoms with Crippen LogP contribution in [0.5, 0.6) is 0 Å². The van der Waals surface area contributed by atoms with E-state index in [1.54, 1.807) is 17.0 Å². The maximum Gasteiger partial charge on any atom is 0.240 e. The Morgan fingerprint density at radius 3 is 2.77 bits per heavy atom. The normalized spacial score (nSPS) is 18.7. The second-order valence-electron chi connectivity index (χ2n) is 7.02. The first-order chi connectivity index (χ1) is 12.5. The van der Waals surface area contributed by atoms with E-state index in [4.69, 9.17) is 0 Å². The Balaban J connectivity index is 1.53. The zero-order valence-electron chi connectivity index (χ0n) is 14.7. The number of carbonyl (C=O) groups excluding carboxylic acids is 1. The molecule has 0 bridgehead atoms. The van der Waals surface area contributed by atoms with Gasteiger partial charge < -0.3 is 4.90 Å². The quantitative estimate of drug-likeness (QED) is 0.900. The average Bonchev–Trinajstić information content (AvgIpc) is 2.61.